The SMILES string of the molecule is CCCCC(NCCC)c1ccc(OCC)cc1Br. The van der Waals surface area contributed by atoms with Gasteiger partial charge in [-0.15, -0.1) is 0 Å². The quantitative estimate of drug-likeness (QED) is 0.683. The number of halogens is 1. The van der Waals surface area contributed by atoms with Gasteiger partial charge in [0.05, 0.1) is 6.61 Å². The summed E-state index contributed by atoms with van der Waals surface area (Å²) in [7, 11) is 0. The van der Waals surface area contributed by atoms with E-state index in [-0.39, 0.29) is 0 Å². The van der Waals surface area contributed by atoms with Crippen LogP contribution in [0, 0.1) is 0 Å². The highest BCUT2D eigenvalue weighted by molar-refractivity contribution is 9.10. The molecule has 0 fully saturated rings. The molecule has 0 amide bonds. The predicted octanol–water partition coefficient (Wildman–Crippen LogP) is 5.08. The van der Waals surface area contributed by atoms with Crippen molar-refractivity contribution in [1.82, 2.24) is 5.32 Å². The summed E-state index contributed by atoms with van der Waals surface area (Å²) < 4.78 is 6.68. The minimum atomic E-state index is 0.435. The molecule has 2 nitrogen and oxygen atoms in total. The Morgan fingerprint density at radius 2 is 2.00 bits per heavy atom. The Kier molecular flexibility index (Phi) is 8.15. The number of unbranched alkanes of at least 4 members (excludes halogenated alkanes) is 1. The first-order chi connectivity index (χ1) is 9.22. The third kappa shape index (κ3) is 5.53. The van der Waals surface area contributed by atoms with Gasteiger partial charge in [-0.25, -0.2) is 0 Å². The lowest BCUT2D eigenvalue weighted by Gasteiger charge is -2.20. The second-order valence-corrected chi connectivity index (χ2v) is 5.62. The Morgan fingerprint density at radius 3 is 2.58 bits per heavy atom. The summed E-state index contributed by atoms with van der Waals surface area (Å²) >= 11 is 3.68. The van der Waals surface area contributed by atoms with E-state index in [2.05, 4.69) is 53.3 Å². The second kappa shape index (κ2) is 9.38. The van der Waals surface area contributed by atoms with Crippen LogP contribution < -0.4 is 10.1 Å². The van der Waals surface area contributed by atoms with Gasteiger partial charge in [-0.05, 0) is 44.0 Å². The lowest BCUT2D eigenvalue weighted by atomic mass is 10.0. The van der Waals surface area contributed by atoms with Crippen molar-refractivity contribution in [2.75, 3.05) is 13.2 Å². The van der Waals surface area contributed by atoms with Gasteiger partial charge in [0, 0.05) is 10.5 Å². The van der Waals surface area contributed by atoms with E-state index in [1.165, 1.54) is 24.8 Å². The lowest BCUT2D eigenvalue weighted by Crippen LogP contribution is -2.22. The molecule has 0 aliphatic rings. The van der Waals surface area contributed by atoms with E-state index in [9.17, 15) is 0 Å². The number of nitrogens with one attached hydrogen (secondary N) is 1. The highest BCUT2D eigenvalue weighted by Crippen LogP contribution is 2.30. The third-order valence-electron chi connectivity index (χ3n) is 3.15. The number of benzene rings is 1. The standard InChI is InChI=1S/C16H26BrNO/c1-4-7-8-16(18-11-5-2)14-10-9-13(19-6-3)12-15(14)17/h9-10,12,16,18H,4-8,11H2,1-3H3. The molecule has 1 atom stereocenters. The summed E-state index contributed by atoms with van der Waals surface area (Å²) in [6.07, 6.45) is 4.83. The molecule has 0 saturated heterocycles. The van der Waals surface area contributed by atoms with Crippen molar-refractivity contribution in [2.45, 2.75) is 52.5 Å². The van der Waals surface area contributed by atoms with Crippen LogP contribution in [0.1, 0.15) is 58.1 Å². The molecule has 0 bridgehead atoms. The summed E-state index contributed by atoms with van der Waals surface area (Å²) in [4.78, 5) is 0. The maximum absolute atomic E-state index is 5.53. The van der Waals surface area contributed by atoms with Crippen molar-refractivity contribution in [1.29, 1.82) is 0 Å². The molecular formula is C16H26BrNO. The molecule has 0 radical (unpaired) electrons. The predicted molar refractivity (Wildman–Crippen MR) is 85.9 cm³/mol. The average molecular weight is 328 g/mol. The average Bonchev–Trinajstić information content (AvgIpc) is 2.40. The van der Waals surface area contributed by atoms with Crippen molar-refractivity contribution >= 4 is 15.9 Å². The first-order valence-corrected chi connectivity index (χ1v) is 8.17. The van der Waals surface area contributed by atoms with Crippen LogP contribution in [-0.2, 0) is 0 Å². The van der Waals surface area contributed by atoms with Crippen molar-refractivity contribution in [3.8, 4) is 5.75 Å². The molecule has 1 rings (SSSR count). The van der Waals surface area contributed by atoms with Gasteiger partial charge >= 0.3 is 0 Å². The van der Waals surface area contributed by atoms with Gasteiger partial charge in [-0.2, -0.15) is 0 Å². The molecule has 108 valence electrons. The van der Waals surface area contributed by atoms with E-state index in [0.29, 0.717) is 12.6 Å². The molecule has 0 heterocycles. The van der Waals surface area contributed by atoms with Crippen LogP contribution in [0.3, 0.4) is 0 Å². The minimum Gasteiger partial charge on any atom is -0.494 e. The van der Waals surface area contributed by atoms with Gasteiger partial charge in [0.2, 0.25) is 0 Å². The largest absolute Gasteiger partial charge is 0.494 e. The number of hydrogen-bond donors (Lipinski definition) is 1. The van der Waals surface area contributed by atoms with E-state index in [1.807, 2.05) is 6.92 Å². The van der Waals surface area contributed by atoms with E-state index in [4.69, 9.17) is 4.74 Å². The van der Waals surface area contributed by atoms with Crippen LogP contribution in [0.4, 0.5) is 0 Å². The van der Waals surface area contributed by atoms with Crippen LogP contribution in [0.5, 0.6) is 5.75 Å². The summed E-state index contributed by atoms with van der Waals surface area (Å²) in [6.45, 7) is 8.23. The minimum absolute atomic E-state index is 0.435. The smallest absolute Gasteiger partial charge is 0.120 e. The fourth-order valence-corrected chi connectivity index (χ4v) is 2.78. The molecule has 3 heteroatoms. The summed E-state index contributed by atoms with van der Waals surface area (Å²) in [6, 6.07) is 6.75. The van der Waals surface area contributed by atoms with Crippen molar-refractivity contribution < 1.29 is 4.74 Å². The molecule has 19 heavy (non-hydrogen) atoms. The Balaban J connectivity index is 2.81. The molecule has 0 aromatic heterocycles. The van der Waals surface area contributed by atoms with Gasteiger partial charge in [-0.1, -0.05) is 48.7 Å². The van der Waals surface area contributed by atoms with Gasteiger partial charge < -0.3 is 10.1 Å². The van der Waals surface area contributed by atoms with E-state index in [1.54, 1.807) is 0 Å². The first-order valence-electron chi connectivity index (χ1n) is 7.38. The van der Waals surface area contributed by atoms with Crippen LogP contribution in [0.25, 0.3) is 0 Å². The topological polar surface area (TPSA) is 21.3 Å². The van der Waals surface area contributed by atoms with Crippen molar-refractivity contribution in [3.63, 3.8) is 0 Å². The molecule has 0 aliphatic heterocycles. The fraction of sp³-hybridized carbons (Fsp3) is 0.625. The molecule has 0 saturated carbocycles. The van der Waals surface area contributed by atoms with Crippen molar-refractivity contribution in [3.05, 3.63) is 28.2 Å². The molecule has 1 N–H and O–H groups in total. The van der Waals surface area contributed by atoms with E-state index < -0.39 is 0 Å². The van der Waals surface area contributed by atoms with Gasteiger partial charge in [0.25, 0.3) is 0 Å². The number of rotatable bonds is 9. The number of hydrogen-bond acceptors (Lipinski definition) is 2. The highest BCUT2D eigenvalue weighted by Gasteiger charge is 2.13. The first kappa shape index (κ1) is 16.5. The molecule has 0 aliphatic carbocycles. The highest BCUT2D eigenvalue weighted by atomic mass is 79.9. The third-order valence-corrected chi connectivity index (χ3v) is 3.83. The van der Waals surface area contributed by atoms with Gasteiger partial charge in [0.1, 0.15) is 5.75 Å². The van der Waals surface area contributed by atoms with Crippen LogP contribution in [0.15, 0.2) is 22.7 Å². The normalized spacial score (nSPS) is 12.4. The molecular weight excluding hydrogens is 302 g/mol. The molecule has 1 aromatic carbocycles. The lowest BCUT2D eigenvalue weighted by molar-refractivity contribution is 0.339. The summed E-state index contributed by atoms with van der Waals surface area (Å²) in [5.41, 5.74) is 1.34. The zero-order valence-corrected chi connectivity index (χ0v) is 13.9. The number of ether oxygens (including phenoxy) is 1. The van der Waals surface area contributed by atoms with Crippen LogP contribution in [-0.4, -0.2) is 13.2 Å². The maximum Gasteiger partial charge on any atom is 0.120 e. The van der Waals surface area contributed by atoms with Crippen LogP contribution >= 0.6 is 15.9 Å². The summed E-state index contributed by atoms with van der Waals surface area (Å²) in [5.74, 6) is 0.933. The Hall–Kier alpha value is -0.540. The Morgan fingerprint density at radius 1 is 1.21 bits per heavy atom. The van der Waals surface area contributed by atoms with Gasteiger partial charge in [0.15, 0.2) is 0 Å². The molecule has 0 spiro atoms. The summed E-state index contributed by atoms with van der Waals surface area (Å²) in [5, 5.41) is 3.64. The molecule has 1 aromatic rings. The maximum atomic E-state index is 5.53. The molecule has 1 unspecified atom stereocenters. The van der Waals surface area contributed by atoms with Crippen LogP contribution in [0.2, 0.25) is 0 Å². The zero-order chi connectivity index (χ0) is 14.1. The monoisotopic (exact) mass is 327 g/mol. The Labute approximate surface area is 126 Å². The zero-order valence-electron chi connectivity index (χ0n) is 12.3. The Bertz CT molecular complexity index is 360. The second-order valence-electron chi connectivity index (χ2n) is 4.77. The van der Waals surface area contributed by atoms with Crippen molar-refractivity contribution in [2.24, 2.45) is 0 Å². The van der Waals surface area contributed by atoms with Gasteiger partial charge in [-0.3, -0.25) is 0 Å². The van der Waals surface area contributed by atoms with E-state index in [0.717, 1.165) is 23.2 Å². The van der Waals surface area contributed by atoms with E-state index >= 15 is 0 Å². The fourth-order valence-electron chi connectivity index (χ4n) is 2.14.